The zero-order valence-electron chi connectivity index (χ0n) is 15.1. The molecule has 6 heteroatoms. The highest BCUT2D eigenvalue weighted by molar-refractivity contribution is 8.01. The van der Waals surface area contributed by atoms with Crippen molar-refractivity contribution in [3.05, 3.63) is 63.7 Å². The fraction of sp³-hybridized carbons (Fsp3) is 0.300. The number of ether oxygens (including phenoxy) is 1. The van der Waals surface area contributed by atoms with Crippen molar-refractivity contribution in [3.8, 4) is 5.75 Å². The molecular formula is C20H20N2O3S. The summed E-state index contributed by atoms with van der Waals surface area (Å²) < 4.78 is 5.43. The van der Waals surface area contributed by atoms with E-state index in [-0.39, 0.29) is 20.9 Å². The molecule has 2 aliphatic heterocycles. The minimum absolute atomic E-state index is 0.122. The number of anilines is 1. The molecule has 1 spiro atoms. The van der Waals surface area contributed by atoms with Crippen LogP contribution in [-0.4, -0.2) is 24.0 Å². The minimum Gasteiger partial charge on any atom is -0.497 e. The largest absolute Gasteiger partial charge is 0.497 e. The van der Waals surface area contributed by atoms with E-state index in [1.807, 2.05) is 18.2 Å². The standard InChI is InChI=1S/C20H20N2O3S/c1-19(2)16-12-15(25-4)6-7-17(16)21(3)20(19)10-9-13-11-14(22(23)24)5-8-18(13)26-20/h5-12H,1-4H3/t20-/m1/s1. The summed E-state index contributed by atoms with van der Waals surface area (Å²) >= 11 is 1.75. The Labute approximate surface area is 156 Å². The summed E-state index contributed by atoms with van der Waals surface area (Å²) in [6, 6.07) is 11.3. The van der Waals surface area contributed by atoms with Gasteiger partial charge in [0, 0.05) is 35.2 Å². The van der Waals surface area contributed by atoms with Crippen LogP contribution in [0.1, 0.15) is 25.0 Å². The smallest absolute Gasteiger partial charge is 0.270 e. The number of benzene rings is 2. The number of non-ortho nitro benzene ring substituents is 1. The van der Waals surface area contributed by atoms with Gasteiger partial charge in [0.15, 0.2) is 0 Å². The molecule has 2 aromatic carbocycles. The van der Waals surface area contributed by atoms with Crippen molar-refractivity contribution in [2.75, 3.05) is 19.1 Å². The van der Waals surface area contributed by atoms with E-state index in [1.165, 1.54) is 11.3 Å². The van der Waals surface area contributed by atoms with Gasteiger partial charge in [0.2, 0.25) is 0 Å². The number of thioether (sulfide) groups is 1. The Balaban J connectivity index is 1.83. The van der Waals surface area contributed by atoms with E-state index >= 15 is 0 Å². The molecule has 134 valence electrons. The predicted octanol–water partition coefficient (Wildman–Crippen LogP) is 4.85. The van der Waals surface area contributed by atoms with Crippen molar-refractivity contribution in [1.82, 2.24) is 0 Å². The second-order valence-corrected chi connectivity index (χ2v) is 8.44. The van der Waals surface area contributed by atoms with Crippen LogP contribution in [0.15, 0.2) is 47.4 Å². The fourth-order valence-corrected chi connectivity index (χ4v) is 5.47. The van der Waals surface area contributed by atoms with Crippen LogP contribution in [0.25, 0.3) is 6.08 Å². The molecule has 26 heavy (non-hydrogen) atoms. The van der Waals surface area contributed by atoms with Crippen LogP contribution in [0.3, 0.4) is 0 Å². The fourth-order valence-electron chi connectivity index (χ4n) is 4.02. The Morgan fingerprint density at radius 2 is 1.96 bits per heavy atom. The molecule has 1 atom stereocenters. The molecular weight excluding hydrogens is 348 g/mol. The van der Waals surface area contributed by atoms with Crippen molar-refractivity contribution in [2.24, 2.45) is 0 Å². The Morgan fingerprint density at radius 3 is 2.65 bits per heavy atom. The predicted molar refractivity (Wildman–Crippen MR) is 105 cm³/mol. The van der Waals surface area contributed by atoms with Gasteiger partial charge in [-0.1, -0.05) is 31.7 Å². The Hall–Kier alpha value is -2.47. The van der Waals surface area contributed by atoms with Crippen LogP contribution in [0.5, 0.6) is 5.75 Å². The maximum absolute atomic E-state index is 11.1. The number of methoxy groups -OCH3 is 1. The van der Waals surface area contributed by atoms with E-state index in [0.717, 1.165) is 16.2 Å². The second-order valence-electron chi connectivity index (χ2n) is 7.18. The number of nitro groups is 1. The van der Waals surface area contributed by atoms with Crippen LogP contribution < -0.4 is 9.64 Å². The SMILES string of the molecule is COc1ccc2c(c1)C(C)(C)[C@]1(C=Cc3cc([N+](=O)[O-])ccc3S1)N2C. The maximum Gasteiger partial charge on any atom is 0.270 e. The van der Waals surface area contributed by atoms with Gasteiger partial charge in [0.05, 0.1) is 12.0 Å². The van der Waals surface area contributed by atoms with E-state index in [1.54, 1.807) is 31.0 Å². The lowest BCUT2D eigenvalue weighted by molar-refractivity contribution is -0.384. The number of fused-ring (bicyclic) bond motifs is 2. The molecule has 0 aliphatic carbocycles. The molecule has 2 aromatic rings. The van der Waals surface area contributed by atoms with Gasteiger partial charge in [-0.25, -0.2) is 0 Å². The van der Waals surface area contributed by atoms with Gasteiger partial charge >= 0.3 is 0 Å². The summed E-state index contributed by atoms with van der Waals surface area (Å²) in [5.74, 6) is 0.850. The van der Waals surface area contributed by atoms with Gasteiger partial charge in [-0.2, -0.15) is 0 Å². The zero-order chi connectivity index (χ0) is 18.7. The van der Waals surface area contributed by atoms with Crippen molar-refractivity contribution in [1.29, 1.82) is 0 Å². The number of likely N-dealkylation sites (N-methyl/N-ethyl adjacent to an activating group) is 1. The van der Waals surface area contributed by atoms with Crippen LogP contribution >= 0.6 is 11.8 Å². The first-order valence-corrected chi connectivity index (χ1v) is 9.21. The highest BCUT2D eigenvalue weighted by atomic mass is 32.2. The first kappa shape index (κ1) is 17.0. The Kier molecular flexibility index (Phi) is 3.60. The van der Waals surface area contributed by atoms with Crippen LogP contribution in [-0.2, 0) is 5.41 Å². The summed E-state index contributed by atoms with van der Waals surface area (Å²) in [5, 5.41) is 11.1. The third-order valence-electron chi connectivity index (χ3n) is 5.59. The van der Waals surface area contributed by atoms with Crippen LogP contribution in [0.4, 0.5) is 11.4 Å². The Bertz CT molecular complexity index is 954. The summed E-state index contributed by atoms with van der Waals surface area (Å²) in [6.07, 6.45) is 4.19. The molecule has 0 aromatic heterocycles. The molecule has 5 nitrogen and oxygen atoms in total. The quantitative estimate of drug-likeness (QED) is 0.560. The van der Waals surface area contributed by atoms with Gasteiger partial charge in [-0.05, 0) is 41.5 Å². The van der Waals surface area contributed by atoms with E-state index in [4.69, 9.17) is 4.74 Å². The maximum atomic E-state index is 11.1. The zero-order valence-corrected chi connectivity index (χ0v) is 16.0. The van der Waals surface area contributed by atoms with Gasteiger partial charge in [0.25, 0.3) is 5.69 Å². The first-order chi connectivity index (χ1) is 12.3. The monoisotopic (exact) mass is 368 g/mol. The number of nitrogens with zero attached hydrogens (tertiary/aromatic N) is 2. The van der Waals surface area contributed by atoms with Gasteiger partial charge in [0.1, 0.15) is 10.6 Å². The van der Waals surface area contributed by atoms with Crippen molar-refractivity contribution in [3.63, 3.8) is 0 Å². The highest BCUT2D eigenvalue weighted by Gasteiger charge is 2.56. The van der Waals surface area contributed by atoms with E-state index in [9.17, 15) is 10.1 Å². The molecule has 2 heterocycles. The average Bonchev–Trinajstić information content (AvgIpc) is 2.79. The number of rotatable bonds is 2. The van der Waals surface area contributed by atoms with Crippen molar-refractivity contribution < 1.29 is 9.66 Å². The number of hydrogen-bond donors (Lipinski definition) is 0. The Morgan fingerprint density at radius 1 is 1.19 bits per heavy atom. The topological polar surface area (TPSA) is 55.6 Å². The summed E-state index contributed by atoms with van der Waals surface area (Å²) in [7, 11) is 3.79. The lowest BCUT2D eigenvalue weighted by Gasteiger charge is -2.45. The van der Waals surface area contributed by atoms with E-state index in [0.29, 0.717) is 0 Å². The normalized spacial score (nSPS) is 22.2. The third kappa shape index (κ3) is 2.11. The van der Waals surface area contributed by atoms with Crippen LogP contribution in [0, 0.1) is 10.1 Å². The van der Waals surface area contributed by atoms with Crippen LogP contribution in [0.2, 0.25) is 0 Å². The summed E-state index contributed by atoms with van der Waals surface area (Å²) in [6.45, 7) is 4.48. The van der Waals surface area contributed by atoms with E-state index in [2.05, 4.69) is 44.0 Å². The molecule has 0 unspecified atom stereocenters. The molecule has 0 fully saturated rings. The van der Waals surface area contributed by atoms with E-state index < -0.39 is 0 Å². The number of nitro benzene ring substituents is 1. The molecule has 0 radical (unpaired) electrons. The first-order valence-electron chi connectivity index (χ1n) is 8.39. The van der Waals surface area contributed by atoms with Gasteiger partial charge in [-0.15, -0.1) is 0 Å². The lowest BCUT2D eigenvalue weighted by atomic mass is 9.79. The molecule has 0 saturated carbocycles. The molecule has 4 rings (SSSR count). The molecule has 2 aliphatic rings. The molecule has 0 amide bonds. The summed E-state index contributed by atoms with van der Waals surface area (Å²) in [4.78, 5) is 13.8. The molecule has 0 N–H and O–H groups in total. The number of hydrogen-bond acceptors (Lipinski definition) is 5. The average molecular weight is 368 g/mol. The lowest BCUT2D eigenvalue weighted by Crippen LogP contribution is -2.50. The second kappa shape index (κ2) is 5.51. The summed E-state index contributed by atoms with van der Waals surface area (Å²) in [5.41, 5.74) is 3.26. The van der Waals surface area contributed by atoms with Crippen molar-refractivity contribution >= 4 is 29.2 Å². The molecule has 0 saturated heterocycles. The third-order valence-corrected chi connectivity index (χ3v) is 7.41. The molecule has 0 bridgehead atoms. The van der Waals surface area contributed by atoms with Gasteiger partial charge in [-0.3, -0.25) is 10.1 Å². The minimum atomic E-state index is -0.350. The van der Waals surface area contributed by atoms with Gasteiger partial charge < -0.3 is 9.64 Å². The van der Waals surface area contributed by atoms with Crippen molar-refractivity contribution in [2.45, 2.75) is 29.0 Å². The highest BCUT2D eigenvalue weighted by Crippen LogP contribution is 2.61.